The van der Waals surface area contributed by atoms with Crippen LogP contribution < -0.4 is 0 Å². The Kier molecular flexibility index (Phi) is 0.570. The maximum absolute atomic E-state index is 1.62. The van der Waals surface area contributed by atoms with Gasteiger partial charge < -0.3 is 0 Å². The van der Waals surface area contributed by atoms with Gasteiger partial charge in [-0.2, -0.15) is 0 Å². The molecular weight excluding hydrogens is 120 g/mol. The summed E-state index contributed by atoms with van der Waals surface area (Å²) in [4.78, 5) is 0. The van der Waals surface area contributed by atoms with E-state index in [-0.39, 0.29) is 0 Å². The third-order valence-electron chi connectivity index (χ3n) is 5.19. The zero-order valence-corrected chi connectivity index (χ0v) is 6.29. The Labute approximate surface area is 62.0 Å². The SMILES string of the molecule is C1C[C@H]2C3C4[C@@H](CC[C@@H]42)[C@H]13. The molecule has 0 aliphatic heterocycles. The minimum atomic E-state index is 1.24. The average molecular weight is 134 g/mol. The second kappa shape index (κ2) is 1.19. The maximum Gasteiger partial charge on any atom is -0.0318 e. The van der Waals surface area contributed by atoms with Crippen molar-refractivity contribution in [1.82, 2.24) is 0 Å². The van der Waals surface area contributed by atoms with Crippen LogP contribution in [0.1, 0.15) is 25.7 Å². The standard InChI is InChI=1S/C10H14/c1-2-6-8-4-3-7-5(1)9(6)10(7)8/h5-10H,1-4H2/t5-,6+,7-,8+,9?,10?. The van der Waals surface area contributed by atoms with Gasteiger partial charge in [0.1, 0.15) is 0 Å². The van der Waals surface area contributed by atoms with Gasteiger partial charge in [-0.15, -0.1) is 0 Å². The molecule has 54 valence electrons. The maximum atomic E-state index is 1.62. The molecule has 0 saturated heterocycles. The zero-order chi connectivity index (χ0) is 6.29. The van der Waals surface area contributed by atoms with E-state index >= 15 is 0 Å². The summed E-state index contributed by atoms with van der Waals surface area (Å²) in [6, 6.07) is 0. The van der Waals surface area contributed by atoms with Crippen molar-refractivity contribution in [2.45, 2.75) is 25.7 Å². The van der Waals surface area contributed by atoms with E-state index in [1.807, 2.05) is 0 Å². The fourth-order valence-corrected chi connectivity index (χ4v) is 5.02. The smallest absolute Gasteiger partial charge is 0.0318 e. The molecule has 0 radical (unpaired) electrons. The summed E-state index contributed by atoms with van der Waals surface area (Å²) in [5.74, 6) is 7.53. The molecule has 2 unspecified atom stereocenters. The lowest BCUT2D eigenvalue weighted by Crippen LogP contribution is -2.55. The molecule has 4 fully saturated rings. The Morgan fingerprint density at radius 1 is 0.500 bits per heavy atom. The first-order chi connectivity index (χ1) is 4.97. The van der Waals surface area contributed by atoms with Gasteiger partial charge in [-0.3, -0.25) is 0 Å². The van der Waals surface area contributed by atoms with E-state index in [1.165, 1.54) is 35.5 Å². The highest BCUT2D eigenvalue weighted by atomic mass is 14.7. The highest BCUT2D eigenvalue weighted by Crippen LogP contribution is 2.76. The minimum absolute atomic E-state index is 1.24. The van der Waals surface area contributed by atoms with Crippen LogP contribution in [0, 0.1) is 35.5 Å². The third-order valence-corrected chi connectivity index (χ3v) is 5.19. The van der Waals surface area contributed by atoms with Crippen molar-refractivity contribution < 1.29 is 0 Å². The fraction of sp³-hybridized carbons (Fsp3) is 1.00. The molecule has 4 aliphatic carbocycles. The molecule has 0 heteroatoms. The molecule has 0 aromatic carbocycles. The zero-order valence-electron chi connectivity index (χ0n) is 6.29. The summed E-state index contributed by atoms with van der Waals surface area (Å²) in [5, 5.41) is 0. The molecular formula is C10H14. The molecule has 4 aliphatic rings. The molecule has 0 spiro atoms. The number of fused-ring (bicyclic) bond motifs is 2. The normalized spacial score (nSPS) is 74.4. The van der Waals surface area contributed by atoms with E-state index in [2.05, 4.69) is 0 Å². The predicted molar refractivity (Wildman–Crippen MR) is 39.4 cm³/mol. The van der Waals surface area contributed by atoms with Crippen LogP contribution in [0.25, 0.3) is 0 Å². The van der Waals surface area contributed by atoms with Gasteiger partial charge in [0, 0.05) is 0 Å². The van der Waals surface area contributed by atoms with Crippen molar-refractivity contribution in [1.29, 1.82) is 0 Å². The topological polar surface area (TPSA) is 0 Å². The Bertz CT molecular complexity index is 131. The van der Waals surface area contributed by atoms with E-state index in [1.54, 1.807) is 25.7 Å². The molecule has 0 nitrogen and oxygen atoms in total. The van der Waals surface area contributed by atoms with Crippen molar-refractivity contribution in [2.75, 3.05) is 0 Å². The molecule has 0 amide bonds. The first kappa shape index (κ1) is 4.79. The second-order valence-electron chi connectivity index (χ2n) is 4.96. The highest BCUT2D eigenvalue weighted by molar-refractivity contribution is 5.18. The van der Waals surface area contributed by atoms with Crippen LogP contribution in [0.3, 0.4) is 0 Å². The first-order valence-electron chi connectivity index (χ1n) is 4.97. The van der Waals surface area contributed by atoms with E-state index < -0.39 is 0 Å². The Morgan fingerprint density at radius 2 is 0.800 bits per heavy atom. The van der Waals surface area contributed by atoms with Gasteiger partial charge in [0.15, 0.2) is 0 Å². The molecule has 0 bridgehead atoms. The summed E-state index contributed by atoms with van der Waals surface area (Å²) in [5.41, 5.74) is 0. The highest BCUT2D eigenvalue weighted by Gasteiger charge is 2.70. The molecule has 4 saturated carbocycles. The van der Waals surface area contributed by atoms with Crippen LogP contribution >= 0.6 is 0 Å². The van der Waals surface area contributed by atoms with Gasteiger partial charge in [0.05, 0.1) is 0 Å². The largest absolute Gasteiger partial charge is 0.0496 e. The van der Waals surface area contributed by atoms with Crippen LogP contribution in [0.15, 0.2) is 0 Å². The Hall–Kier alpha value is 0. The summed E-state index contributed by atoms with van der Waals surface area (Å²) < 4.78 is 0. The van der Waals surface area contributed by atoms with Gasteiger partial charge in [-0.1, -0.05) is 0 Å². The first-order valence-corrected chi connectivity index (χ1v) is 4.97. The van der Waals surface area contributed by atoms with E-state index in [4.69, 9.17) is 0 Å². The van der Waals surface area contributed by atoms with Gasteiger partial charge in [-0.25, -0.2) is 0 Å². The van der Waals surface area contributed by atoms with Gasteiger partial charge in [0.2, 0.25) is 0 Å². The summed E-state index contributed by atoms with van der Waals surface area (Å²) in [6.07, 6.45) is 6.47. The molecule has 0 heterocycles. The van der Waals surface area contributed by atoms with Crippen LogP contribution in [0.4, 0.5) is 0 Å². The van der Waals surface area contributed by atoms with Crippen LogP contribution in [-0.2, 0) is 0 Å². The van der Waals surface area contributed by atoms with Crippen molar-refractivity contribution in [3.8, 4) is 0 Å². The van der Waals surface area contributed by atoms with E-state index in [0.29, 0.717) is 0 Å². The molecule has 6 atom stereocenters. The summed E-state index contributed by atoms with van der Waals surface area (Å²) in [7, 11) is 0. The van der Waals surface area contributed by atoms with Crippen LogP contribution in [-0.4, -0.2) is 0 Å². The van der Waals surface area contributed by atoms with Crippen molar-refractivity contribution in [3.05, 3.63) is 0 Å². The lowest BCUT2D eigenvalue weighted by molar-refractivity contribution is -0.124. The fourth-order valence-electron chi connectivity index (χ4n) is 5.02. The predicted octanol–water partition coefficient (Wildman–Crippen LogP) is 2.30. The molecule has 0 aromatic heterocycles. The summed E-state index contributed by atoms with van der Waals surface area (Å²) >= 11 is 0. The Balaban J connectivity index is 1.87. The van der Waals surface area contributed by atoms with E-state index in [0.717, 1.165) is 0 Å². The monoisotopic (exact) mass is 134 g/mol. The van der Waals surface area contributed by atoms with Gasteiger partial charge in [-0.05, 0) is 61.2 Å². The van der Waals surface area contributed by atoms with Crippen molar-refractivity contribution >= 4 is 0 Å². The quantitative estimate of drug-likeness (QED) is 0.477. The van der Waals surface area contributed by atoms with Gasteiger partial charge in [0.25, 0.3) is 0 Å². The van der Waals surface area contributed by atoms with Crippen molar-refractivity contribution in [3.63, 3.8) is 0 Å². The van der Waals surface area contributed by atoms with Gasteiger partial charge >= 0.3 is 0 Å². The molecule has 4 rings (SSSR count). The number of hydrogen-bond donors (Lipinski definition) is 0. The lowest BCUT2D eigenvalue weighted by Gasteiger charge is -2.59. The number of hydrogen-bond acceptors (Lipinski definition) is 0. The summed E-state index contributed by atoms with van der Waals surface area (Å²) in [6.45, 7) is 0. The van der Waals surface area contributed by atoms with Crippen LogP contribution in [0.2, 0.25) is 0 Å². The van der Waals surface area contributed by atoms with Crippen LogP contribution in [0.5, 0.6) is 0 Å². The Morgan fingerprint density at radius 3 is 1.10 bits per heavy atom. The van der Waals surface area contributed by atoms with Crippen molar-refractivity contribution in [2.24, 2.45) is 35.5 Å². The average Bonchev–Trinajstić information content (AvgIpc) is 2.10. The molecule has 10 heavy (non-hydrogen) atoms. The number of rotatable bonds is 0. The second-order valence-corrected chi connectivity index (χ2v) is 4.96. The minimum Gasteiger partial charge on any atom is -0.0496 e. The lowest BCUT2D eigenvalue weighted by atomic mass is 9.45. The van der Waals surface area contributed by atoms with E-state index in [9.17, 15) is 0 Å². The molecule has 0 N–H and O–H groups in total. The molecule has 0 aromatic rings. The third kappa shape index (κ3) is 0.271.